The molecular formula is C12H13F3O. The summed E-state index contributed by atoms with van der Waals surface area (Å²) in [6, 6.07) is 6.82. The molecule has 0 heterocycles. The van der Waals surface area contributed by atoms with Crippen LogP contribution in [0.25, 0.3) is 0 Å². The van der Waals surface area contributed by atoms with Crippen LogP contribution < -0.4 is 4.74 Å². The Bertz CT molecular complexity index is 382. The fraction of sp³-hybridized carbons (Fsp3) is 0.500. The molecular weight excluding hydrogens is 217 g/mol. The highest BCUT2D eigenvalue weighted by atomic mass is 19.4. The minimum Gasteiger partial charge on any atom is -0.497 e. The van der Waals surface area contributed by atoms with E-state index in [1.54, 1.807) is 24.3 Å². The third-order valence-electron chi connectivity index (χ3n) is 3.40. The van der Waals surface area contributed by atoms with Gasteiger partial charge in [0.1, 0.15) is 5.75 Å². The van der Waals surface area contributed by atoms with Gasteiger partial charge in [-0.2, -0.15) is 13.2 Å². The summed E-state index contributed by atoms with van der Waals surface area (Å²) >= 11 is 0. The summed E-state index contributed by atoms with van der Waals surface area (Å²) in [5, 5.41) is 0. The molecule has 4 heteroatoms. The van der Waals surface area contributed by atoms with Crippen molar-refractivity contribution in [3.05, 3.63) is 29.8 Å². The highest BCUT2D eigenvalue weighted by Gasteiger charge is 2.67. The third-order valence-corrected chi connectivity index (χ3v) is 3.40. The normalized spacial score (nSPS) is 28.9. The van der Waals surface area contributed by atoms with Crippen LogP contribution in [-0.4, -0.2) is 13.3 Å². The number of halogens is 3. The molecule has 16 heavy (non-hydrogen) atoms. The van der Waals surface area contributed by atoms with E-state index in [0.29, 0.717) is 5.75 Å². The van der Waals surface area contributed by atoms with Crippen LogP contribution in [0.5, 0.6) is 5.75 Å². The lowest BCUT2D eigenvalue weighted by atomic mass is 10.0. The Morgan fingerprint density at radius 3 is 2.19 bits per heavy atom. The maximum atomic E-state index is 12.7. The minimum absolute atomic E-state index is 0.183. The van der Waals surface area contributed by atoms with Crippen LogP contribution in [0.4, 0.5) is 13.2 Å². The highest BCUT2D eigenvalue weighted by molar-refractivity contribution is 5.35. The molecule has 2 rings (SSSR count). The number of benzene rings is 1. The molecule has 1 saturated carbocycles. The van der Waals surface area contributed by atoms with E-state index >= 15 is 0 Å². The summed E-state index contributed by atoms with van der Waals surface area (Å²) in [4.78, 5) is 0. The second-order valence-corrected chi connectivity index (χ2v) is 4.45. The van der Waals surface area contributed by atoms with Crippen molar-refractivity contribution in [1.29, 1.82) is 0 Å². The zero-order chi connectivity index (χ0) is 12.0. The quantitative estimate of drug-likeness (QED) is 0.751. The van der Waals surface area contributed by atoms with Gasteiger partial charge in [0.25, 0.3) is 0 Å². The number of ether oxygens (including phenoxy) is 1. The molecule has 0 radical (unpaired) electrons. The van der Waals surface area contributed by atoms with Gasteiger partial charge in [0.2, 0.25) is 0 Å². The zero-order valence-corrected chi connectivity index (χ0v) is 9.14. The number of alkyl halides is 3. The Hall–Kier alpha value is -1.19. The van der Waals surface area contributed by atoms with Crippen molar-refractivity contribution < 1.29 is 17.9 Å². The van der Waals surface area contributed by atoms with Crippen LogP contribution in [0.2, 0.25) is 0 Å². The van der Waals surface area contributed by atoms with Crippen LogP contribution >= 0.6 is 0 Å². The van der Waals surface area contributed by atoms with Crippen molar-refractivity contribution in [2.24, 2.45) is 5.41 Å². The number of hydrogen-bond donors (Lipinski definition) is 0. The van der Waals surface area contributed by atoms with Gasteiger partial charge in [-0.15, -0.1) is 0 Å². The summed E-state index contributed by atoms with van der Waals surface area (Å²) in [5.74, 6) is 0.261. The Morgan fingerprint density at radius 2 is 1.81 bits per heavy atom. The van der Waals surface area contributed by atoms with Gasteiger partial charge in [0.05, 0.1) is 12.5 Å². The lowest BCUT2D eigenvalue weighted by Gasteiger charge is -2.15. The average molecular weight is 230 g/mol. The molecule has 1 nitrogen and oxygen atoms in total. The van der Waals surface area contributed by atoms with E-state index < -0.39 is 17.5 Å². The Balaban J connectivity index is 2.17. The minimum atomic E-state index is -4.11. The van der Waals surface area contributed by atoms with E-state index in [-0.39, 0.29) is 6.42 Å². The third kappa shape index (κ3) is 1.66. The molecule has 0 bridgehead atoms. The highest BCUT2D eigenvalue weighted by Crippen LogP contribution is 2.67. The molecule has 0 aliphatic heterocycles. The van der Waals surface area contributed by atoms with Gasteiger partial charge < -0.3 is 4.74 Å². The van der Waals surface area contributed by atoms with Gasteiger partial charge in [-0.25, -0.2) is 0 Å². The van der Waals surface area contributed by atoms with Crippen molar-refractivity contribution >= 4 is 0 Å². The van der Waals surface area contributed by atoms with E-state index in [2.05, 4.69) is 0 Å². The number of rotatable bonds is 2. The molecule has 1 aromatic rings. The molecule has 0 N–H and O–H groups in total. The van der Waals surface area contributed by atoms with Crippen LogP contribution in [0.1, 0.15) is 24.8 Å². The molecule has 88 valence electrons. The van der Waals surface area contributed by atoms with E-state index in [1.807, 2.05) is 0 Å². The Kier molecular flexibility index (Phi) is 2.40. The summed E-state index contributed by atoms with van der Waals surface area (Å²) in [5.41, 5.74) is -0.803. The van der Waals surface area contributed by atoms with Crippen LogP contribution in [-0.2, 0) is 0 Å². The molecule has 1 fully saturated rings. The van der Waals surface area contributed by atoms with Gasteiger partial charge in [-0.05, 0) is 30.0 Å². The van der Waals surface area contributed by atoms with E-state index in [4.69, 9.17) is 4.74 Å². The average Bonchev–Trinajstić information content (AvgIpc) is 2.92. The smallest absolute Gasteiger partial charge is 0.394 e. The fourth-order valence-electron chi connectivity index (χ4n) is 2.00. The van der Waals surface area contributed by atoms with Crippen molar-refractivity contribution in [3.8, 4) is 5.75 Å². The summed E-state index contributed by atoms with van der Waals surface area (Å²) < 4.78 is 43.0. The summed E-state index contributed by atoms with van der Waals surface area (Å²) in [7, 11) is 1.53. The van der Waals surface area contributed by atoms with Crippen LogP contribution in [0, 0.1) is 5.41 Å². The second-order valence-electron chi connectivity index (χ2n) is 4.45. The maximum absolute atomic E-state index is 12.7. The molecule has 0 unspecified atom stereocenters. The first-order valence-corrected chi connectivity index (χ1v) is 5.09. The van der Waals surface area contributed by atoms with Crippen molar-refractivity contribution in [2.45, 2.75) is 25.4 Å². The topological polar surface area (TPSA) is 9.23 Å². The maximum Gasteiger partial charge on any atom is 0.394 e. The molecule has 1 aliphatic carbocycles. The van der Waals surface area contributed by atoms with E-state index in [9.17, 15) is 13.2 Å². The first-order valence-electron chi connectivity index (χ1n) is 5.09. The molecule has 0 amide bonds. The Morgan fingerprint density at radius 1 is 1.25 bits per heavy atom. The molecule has 1 aliphatic rings. The van der Waals surface area contributed by atoms with Gasteiger partial charge in [0, 0.05) is 0 Å². The van der Waals surface area contributed by atoms with Gasteiger partial charge >= 0.3 is 6.18 Å². The van der Waals surface area contributed by atoms with Crippen molar-refractivity contribution in [1.82, 2.24) is 0 Å². The van der Waals surface area contributed by atoms with Gasteiger partial charge in [-0.3, -0.25) is 0 Å². The predicted octanol–water partition coefficient (Wildman–Crippen LogP) is 3.75. The summed E-state index contributed by atoms with van der Waals surface area (Å²) in [6.45, 7) is 1.28. The molecule has 0 saturated heterocycles. The molecule has 2 atom stereocenters. The fourth-order valence-corrected chi connectivity index (χ4v) is 2.00. The standard InChI is InChI=1S/C12H13F3O/c1-11(12(13,14)15)7-10(11)8-3-5-9(16-2)6-4-8/h3-6,10H,7H2,1-2H3/t10-,11+/m0/s1. The lowest BCUT2D eigenvalue weighted by molar-refractivity contribution is -0.183. The van der Waals surface area contributed by atoms with Crippen LogP contribution in [0.3, 0.4) is 0 Å². The van der Waals surface area contributed by atoms with Crippen LogP contribution in [0.15, 0.2) is 24.3 Å². The monoisotopic (exact) mass is 230 g/mol. The molecule has 1 aromatic carbocycles. The van der Waals surface area contributed by atoms with Gasteiger partial charge in [-0.1, -0.05) is 19.1 Å². The van der Waals surface area contributed by atoms with Crippen molar-refractivity contribution in [3.63, 3.8) is 0 Å². The predicted molar refractivity (Wildman–Crippen MR) is 54.5 cm³/mol. The largest absolute Gasteiger partial charge is 0.497 e. The SMILES string of the molecule is COc1ccc([C@@H]2C[C@@]2(C)C(F)(F)F)cc1. The number of methoxy groups -OCH3 is 1. The molecule has 0 aromatic heterocycles. The van der Waals surface area contributed by atoms with Crippen molar-refractivity contribution in [2.75, 3.05) is 7.11 Å². The zero-order valence-electron chi connectivity index (χ0n) is 9.14. The molecule has 0 spiro atoms. The summed E-state index contributed by atoms with van der Waals surface area (Å²) in [6.07, 6.45) is -3.93. The first-order chi connectivity index (χ1) is 7.38. The first kappa shape index (κ1) is 11.3. The second kappa shape index (κ2) is 3.40. The van der Waals surface area contributed by atoms with Gasteiger partial charge in [0.15, 0.2) is 0 Å². The Labute approximate surface area is 92.2 Å². The number of hydrogen-bond acceptors (Lipinski definition) is 1. The van der Waals surface area contributed by atoms with E-state index in [0.717, 1.165) is 5.56 Å². The lowest BCUT2D eigenvalue weighted by Crippen LogP contribution is -2.22. The van der Waals surface area contributed by atoms with E-state index in [1.165, 1.54) is 14.0 Å².